The largest absolute Gasteiger partial charge is 0.681 e. The van der Waals surface area contributed by atoms with Gasteiger partial charge in [-0.05, 0) is 46.7 Å². The average molecular weight is 1250 g/mol. The van der Waals surface area contributed by atoms with E-state index in [0.717, 1.165) is 0 Å². The maximum atomic E-state index is 14.5. The zero-order chi connectivity index (χ0) is 63.9. The summed E-state index contributed by atoms with van der Waals surface area (Å²) in [5, 5.41) is 24.0. The Morgan fingerprint density at radius 3 is 0.682 bits per heavy atom. The van der Waals surface area contributed by atoms with E-state index < -0.39 is 220 Å². The molecule has 0 aromatic heterocycles. The molecule has 0 atom stereocenters. The standard InChI is InChI=1S/C18H2BF15O.C18HBF15O.C15H11/c2*20-4-1(5(21)11(27)16(32)10(4)26)19(35,2-6(22)12(28)17(33)13(29)7(2)23)3-8(24)14(30)18(34)15(31)9(3)25;1-3-7-14-11-15-8-4-2-6-13(15)10-9-12(14)5-1/h35H2;35H;1-11H/q;-1;+1. The molecule has 0 aliphatic carbocycles. The Morgan fingerprint density at radius 1 is 0.247 bits per heavy atom. The lowest BCUT2D eigenvalue weighted by Crippen LogP contribution is -2.73. The summed E-state index contributed by atoms with van der Waals surface area (Å²) in [5.41, 5.74) is -18.1. The second-order valence-corrected chi connectivity index (χ2v) is 17.3. The number of rotatable bonds is 6. The zero-order valence-corrected chi connectivity index (χ0v) is 39.8. The summed E-state index contributed by atoms with van der Waals surface area (Å²) in [6.07, 6.45) is -12.6. The van der Waals surface area contributed by atoms with Crippen LogP contribution in [0.2, 0.25) is 0 Å². The van der Waals surface area contributed by atoms with Crippen molar-refractivity contribution in [3.05, 3.63) is 241 Å². The van der Waals surface area contributed by atoms with Gasteiger partial charge < -0.3 is 10.0 Å². The maximum absolute atomic E-state index is 14.5. The molecule has 3 N–H and O–H groups in total. The van der Waals surface area contributed by atoms with Gasteiger partial charge in [-0.15, -0.1) is 0 Å². The summed E-state index contributed by atoms with van der Waals surface area (Å²) in [5.74, 6) is -95.0. The Balaban J connectivity index is 0.000000196. The van der Waals surface area contributed by atoms with Crippen molar-refractivity contribution in [2.45, 2.75) is 0 Å². The van der Waals surface area contributed by atoms with Crippen LogP contribution in [-0.4, -0.2) is 22.7 Å². The molecule has 0 saturated heterocycles. The molecule has 446 valence electrons. The van der Waals surface area contributed by atoms with E-state index in [0.29, 0.717) is 0 Å². The molecular formula is C51H14B2F30O2. The Kier molecular flexibility index (Phi) is 17.3. The molecule has 0 aliphatic heterocycles. The third-order valence-electron chi connectivity index (χ3n) is 12.8. The van der Waals surface area contributed by atoms with Gasteiger partial charge in [-0.2, -0.15) is 0 Å². The van der Waals surface area contributed by atoms with Crippen LogP contribution in [0.25, 0.3) is 21.5 Å². The SMILES string of the molecule is O[B-](c1c(F)c(F)c(F)c(F)c1F)(c1c(F)c(F)c(F)c(F)c1F)c1c(F)c(F)c(F)c(F)c1F.[OH2+][B-](c1c(F)c(F)c(F)c(F)c1F)(c1c(F)c(F)c(F)c(F)c1F)c1c(F)c(F)c(F)c(F)c1F.c1ccc2cc3ccccc3[cH+]cc2c1. The van der Waals surface area contributed by atoms with Crippen molar-refractivity contribution in [3.8, 4) is 0 Å². The quantitative estimate of drug-likeness (QED) is 0.0442. The summed E-state index contributed by atoms with van der Waals surface area (Å²) in [6.45, 7) is 0. The van der Waals surface area contributed by atoms with Gasteiger partial charge in [0.05, 0.1) is 5.39 Å². The highest BCUT2D eigenvalue weighted by molar-refractivity contribution is 7.07. The molecule has 0 unspecified atom stereocenters. The van der Waals surface area contributed by atoms with Crippen LogP contribution in [0.15, 0.2) is 66.7 Å². The lowest BCUT2D eigenvalue weighted by Gasteiger charge is -2.39. The number of fused-ring (bicyclic) bond motifs is 2. The Labute approximate surface area is 449 Å². The molecule has 85 heavy (non-hydrogen) atoms. The lowest BCUT2D eigenvalue weighted by molar-refractivity contribution is 0.374. The number of halogens is 30. The van der Waals surface area contributed by atoms with E-state index in [-0.39, 0.29) is 0 Å². The van der Waals surface area contributed by atoms with Gasteiger partial charge in [-0.25, -0.2) is 132 Å². The van der Waals surface area contributed by atoms with E-state index in [2.05, 4.69) is 66.7 Å². The molecule has 9 aromatic carbocycles. The van der Waals surface area contributed by atoms with Gasteiger partial charge in [0.25, 0.3) is 0 Å². The zero-order valence-electron chi connectivity index (χ0n) is 39.8. The molecule has 0 saturated carbocycles. The number of hydrogen-bond acceptors (Lipinski definition) is 1. The number of hydrogen-bond donors (Lipinski definition) is 1. The van der Waals surface area contributed by atoms with Gasteiger partial charge in [-0.1, -0.05) is 28.5 Å². The Hall–Kier alpha value is -8.68. The van der Waals surface area contributed by atoms with E-state index in [9.17, 15) is 137 Å². The van der Waals surface area contributed by atoms with Gasteiger partial charge in [-0.3, -0.25) is 0 Å². The smallest absolute Gasteiger partial charge is 0.392 e. The monoisotopic (exact) mass is 1250 g/mol. The first-order valence-electron chi connectivity index (χ1n) is 22.1. The van der Waals surface area contributed by atoms with E-state index in [1.165, 1.54) is 21.5 Å². The molecule has 34 heteroatoms. The van der Waals surface area contributed by atoms with Crippen molar-refractivity contribution in [1.29, 1.82) is 0 Å². The van der Waals surface area contributed by atoms with E-state index in [4.69, 9.17) is 5.02 Å². The van der Waals surface area contributed by atoms with Gasteiger partial charge in [0.15, 0.2) is 105 Å². The van der Waals surface area contributed by atoms with Gasteiger partial charge in [0, 0.05) is 35.0 Å². The fraction of sp³-hybridized carbons (Fsp3) is 0. The van der Waals surface area contributed by atoms with Crippen LogP contribution in [-0.2, 0) is 0 Å². The molecule has 0 radical (unpaired) electrons. The summed E-state index contributed by atoms with van der Waals surface area (Å²) in [6, 6.07) is 23.5. The predicted molar refractivity (Wildman–Crippen MR) is 238 cm³/mol. The van der Waals surface area contributed by atoms with Crippen LogP contribution < -0.4 is 32.8 Å². The van der Waals surface area contributed by atoms with Crippen molar-refractivity contribution < 1.29 is 142 Å². The molecule has 0 spiro atoms. The molecule has 0 bridgehead atoms. The maximum Gasteiger partial charge on any atom is 0.392 e. The molecule has 9 aromatic rings. The topological polar surface area (TPSA) is 43.1 Å². The van der Waals surface area contributed by atoms with Crippen molar-refractivity contribution in [2.75, 3.05) is 0 Å². The average Bonchev–Trinajstić information content (AvgIpc) is 1.02. The van der Waals surface area contributed by atoms with Gasteiger partial charge >= 0.3 is 6.35 Å². The Bertz CT molecular complexity index is 3540. The van der Waals surface area contributed by atoms with E-state index in [1.807, 2.05) is 0 Å². The highest BCUT2D eigenvalue weighted by Gasteiger charge is 2.54. The van der Waals surface area contributed by atoms with Gasteiger partial charge in [0.1, 0.15) is 75.2 Å². The summed E-state index contributed by atoms with van der Waals surface area (Å²) in [7, 11) is 0. The normalized spacial score (nSPS) is 11.8. The third-order valence-corrected chi connectivity index (χ3v) is 12.8. The van der Waals surface area contributed by atoms with Crippen LogP contribution in [0.3, 0.4) is 0 Å². The lowest BCUT2D eigenvalue weighted by atomic mass is 9.28. The van der Waals surface area contributed by atoms with Crippen molar-refractivity contribution in [1.82, 2.24) is 0 Å². The minimum absolute atomic E-state index is 1.29. The highest BCUT2D eigenvalue weighted by atomic mass is 19.2. The molecule has 2 nitrogen and oxygen atoms in total. The van der Waals surface area contributed by atoms with Crippen LogP contribution in [0.5, 0.6) is 0 Å². The second-order valence-electron chi connectivity index (χ2n) is 17.3. The summed E-state index contributed by atoms with van der Waals surface area (Å²) in [4.78, 5) is 0. The van der Waals surface area contributed by atoms with Crippen molar-refractivity contribution in [3.63, 3.8) is 0 Å². The first-order valence-corrected chi connectivity index (χ1v) is 22.1. The van der Waals surface area contributed by atoms with Crippen molar-refractivity contribution in [2.24, 2.45) is 0 Å². The first kappa shape index (κ1) is 63.9. The van der Waals surface area contributed by atoms with Crippen molar-refractivity contribution >= 4 is 67.0 Å². The fourth-order valence-electron chi connectivity index (χ4n) is 8.77. The van der Waals surface area contributed by atoms with E-state index in [1.54, 1.807) is 0 Å². The first-order chi connectivity index (χ1) is 39.5. The summed E-state index contributed by atoms with van der Waals surface area (Å²) < 4.78 is 420. The molecule has 0 amide bonds. The minimum Gasteiger partial charge on any atom is -0.681 e. The highest BCUT2D eigenvalue weighted by Crippen LogP contribution is 2.30. The fourth-order valence-corrected chi connectivity index (χ4v) is 8.77. The van der Waals surface area contributed by atoms with Crippen LogP contribution in [0.4, 0.5) is 132 Å². The van der Waals surface area contributed by atoms with E-state index >= 15 is 0 Å². The molecular weight excluding hydrogens is 1240 g/mol. The number of benzene rings is 8. The summed E-state index contributed by atoms with van der Waals surface area (Å²) >= 11 is 0. The Morgan fingerprint density at radius 2 is 0.435 bits per heavy atom. The van der Waals surface area contributed by atoms with Crippen LogP contribution >= 0.6 is 0 Å². The minimum atomic E-state index is -6.41. The second kappa shape index (κ2) is 23.1. The van der Waals surface area contributed by atoms with Crippen LogP contribution in [0, 0.1) is 175 Å². The van der Waals surface area contributed by atoms with Gasteiger partial charge in [0.2, 0.25) is 6.35 Å². The molecule has 0 fully saturated rings. The molecule has 0 heterocycles. The molecule has 9 rings (SSSR count). The molecule has 0 aliphatic rings. The van der Waals surface area contributed by atoms with Crippen LogP contribution in [0.1, 0.15) is 0 Å². The predicted octanol–water partition coefficient (Wildman–Crippen LogP) is 11.5. The third kappa shape index (κ3) is 9.89.